The van der Waals surface area contributed by atoms with E-state index in [0.717, 1.165) is 19.3 Å². The van der Waals surface area contributed by atoms with Gasteiger partial charge in [-0.05, 0) is 20.5 Å². The van der Waals surface area contributed by atoms with Gasteiger partial charge in [0.15, 0.2) is 5.69 Å². The van der Waals surface area contributed by atoms with Crippen LogP contribution >= 0.6 is 11.6 Å². The van der Waals surface area contributed by atoms with Crippen molar-refractivity contribution in [3.8, 4) is 5.88 Å². The van der Waals surface area contributed by atoms with Gasteiger partial charge in [0.2, 0.25) is 5.88 Å². The van der Waals surface area contributed by atoms with Gasteiger partial charge in [0, 0.05) is 6.54 Å². The number of rotatable bonds is 6. The molecule has 0 aliphatic rings. The van der Waals surface area contributed by atoms with E-state index in [2.05, 4.69) is 9.97 Å². The highest BCUT2D eigenvalue weighted by molar-refractivity contribution is 6.34. The number of hydrogen-bond donors (Lipinski definition) is 1. The fourth-order valence-corrected chi connectivity index (χ4v) is 1.39. The summed E-state index contributed by atoms with van der Waals surface area (Å²) in [6.45, 7) is 1.29. The zero-order valence-electron chi connectivity index (χ0n) is 9.68. The summed E-state index contributed by atoms with van der Waals surface area (Å²) >= 11 is 5.80. The number of nitrogens with zero attached hydrogens (tertiary/aromatic N) is 3. The summed E-state index contributed by atoms with van der Waals surface area (Å²) in [5.74, 6) is -1.09. The summed E-state index contributed by atoms with van der Waals surface area (Å²) in [7, 11) is 3.92. The fourth-order valence-electron chi connectivity index (χ4n) is 1.15. The topological polar surface area (TPSA) is 75.5 Å². The largest absolute Gasteiger partial charge is 0.476 e. The van der Waals surface area contributed by atoms with Crippen LogP contribution in [0, 0.1) is 0 Å². The molecule has 0 aliphatic heterocycles. The molecule has 0 amide bonds. The minimum absolute atomic E-state index is 0.0650. The Hall–Kier alpha value is -1.40. The smallest absolute Gasteiger partial charge is 0.356 e. The summed E-state index contributed by atoms with van der Waals surface area (Å²) in [6, 6.07) is 0. The van der Waals surface area contributed by atoms with Crippen LogP contribution in [0.2, 0.25) is 5.02 Å². The third-order valence-electron chi connectivity index (χ3n) is 1.95. The molecule has 94 valence electrons. The van der Waals surface area contributed by atoms with Crippen molar-refractivity contribution in [3.63, 3.8) is 0 Å². The molecule has 6 nitrogen and oxygen atoms in total. The molecule has 0 aromatic carbocycles. The highest BCUT2D eigenvalue weighted by atomic mass is 35.5. The van der Waals surface area contributed by atoms with E-state index in [4.69, 9.17) is 21.4 Å². The lowest BCUT2D eigenvalue weighted by molar-refractivity contribution is 0.0689. The third-order valence-corrected chi connectivity index (χ3v) is 2.29. The van der Waals surface area contributed by atoms with E-state index in [1.165, 1.54) is 0 Å². The monoisotopic (exact) mass is 259 g/mol. The number of aromatic nitrogens is 2. The van der Waals surface area contributed by atoms with Crippen molar-refractivity contribution in [2.24, 2.45) is 0 Å². The second-order valence-corrected chi connectivity index (χ2v) is 4.03. The molecule has 0 saturated heterocycles. The van der Waals surface area contributed by atoms with Crippen molar-refractivity contribution in [2.45, 2.75) is 6.42 Å². The van der Waals surface area contributed by atoms with Crippen LogP contribution in [-0.2, 0) is 0 Å². The first-order chi connectivity index (χ1) is 8.02. The first-order valence-electron chi connectivity index (χ1n) is 5.03. The molecule has 0 atom stereocenters. The zero-order valence-corrected chi connectivity index (χ0v) is 10.4. The van der Waals surface area contributed by atoms with Gasteiger partial charge in [-0.15, -0.1) is 0 Å². The Morgan fingerprint density at radius 2 is 2.24 bits per heavy atom. The Kier molecular flexibility index (Phi) is 5.11. The van der Waals surface area contributed by atoms with Crippen LogP contribution in [0.25, 0.3) is 0 Å². The normalized spacial score (nSPS) is 10.6. The van der Waals surface area contributed by atoms with Crippen LogP contribution < -0.4 is 4.74 Å². The van der Waals surface area contributed by atoms with Crippen molar-refractivity contribution in [2.75, 3.05) is 27.2 Å². The molecule has 1 N–H and O–H groups in total. The van der Waals surface area contributed by atoms with Crippen molar-refractivity contribution in [3.05, 3.63) is 17.0 Å². The van der Waals surface area contributed by atoms with Crippen molar-refractivity contribution in [1.82, 2.24) is 14.9 Å². The predicted molar refractivity (Wildman–Crippen MR) is 62.7 cm³/mol. The van der Waals surface area contributed by atoms with E-state index in [1.54, 1.807) is 0 Å². The van der Waals surface area contributed by atoms with E-state index in [9.17, 15) is 4.79 Å². The lowest BCUT2D eigenvalue weighted by atomic mass is 10.4. The molecule has 0 radical (unpaired) electrons. The van der Waals surface area contributed by atoms with Gasteiger partial charge in [0.25, 0.3) is 0 Å². The maximum Gasteiger partial charge on any atom is 0.356 e. The van der Waals surface area contributed by atoms with Gasteiger partial charge in [0.05, 0.1) is 6.61 Å². The van der Waals surface area contributed by atoms with Crippen molar-refractivity contribution in [1.29, 1.82) is 0 Å². The zero-order chi connectivity index (χ0) is 12.8. The number of carboxylic acid groups (broad SMARTS) is 1. The summed E-state index contributed by atoms with van der Waals surface area (Å²) < 4.78 is 5.30. The molecule has 1 rings (SSSR count). The Labute approximate surface area is 104 Å². The van der Waals surface area contributed by atoms with Gasteiger partial charge >= 0.3 is 5.97 Å². The quantitative estimate of drug-likeness (QED) is 0.773. The van der Waals surface area contributed by atoms with Gasteiger partial charge in [-0.25, -0.2) is 14.8 Å². The van der Waals surface area contributed by atoms with E-state index >= 15 is 0 Å². The molecule has 1 aromatic heterocycles. The van der Waals surface area contributed by atoms with Gasteiger partial charge in [-0.3, -0.25) is 0 Å². The Morgan fingerprint density at radius 1 is 1.53 bits per heavy atom. The van der Waals surface area contributed by atoms with Gasteiger partial charge in [0.1, 0.15) is 11.3 Å². The van der Waals surface area contributed by atoms with Crippen LogP contribution in [0.15, 0.2) is 6.33 Å². The first-order valence-corrected chi connectivity index (χ1v) is 5.41. The van der Waals surface area contributed by atoms with Crippen LogP contribution in [0.1, 0.15) is 16.9 Å². The highest BCUT2D eigenvalue weighted by Gasteiger charge is 2.15. The summed E-state index contributed by atoms with van der Waals surface area (Å²) in [4.78, 5) is 20.1. The number of halogens is 1. The minimum Gasteiger partial charge on any atom is -0.476 e. The second-order valence-electron chi connectivity index (χ2n) is 3.65. The summed E-state index contributed by atoms with van der Waals surface area (Å²) in [5.41, 5.74) is -0.246. The highest BCUT2D eigenvalue weighted by Crippen LogP contribution is 2.23. The minimum atomic E-state index is -1.20. The number of carboxylic acids is 1. The molecule has 0 unspecified atom stereocenters. The average molecular weight is 260 g/mol. The molecule has 0 saturated carbocycles. The SMILES string of the molecule is CN(C)CCCOc1ncnc(C(=O)O)c1Cl. The first kappa shape index (κ1) is 13.7. The summed E-state index contributed by atoms with van der Waals surface area (Å²) in [5, 5.41) is 8.73. The van der Waals surface area contributed by atoms with Crippen LogP contribution in [0.3, 0.4) is 0 Å². The fraction of sp³-hybridized carbons (Fsp3) is 0.500. The molecule has 0 aliphatic carbocycles. The lowest BCUT2D eigenvalue weighted by Crippen LogP contribution is -2.16. The van der Waals surface area contributed by atoms with Crippen molar-refractivity contribution >= 4 is 17.6 Å². The Morgan fingerprint density at radius 3 is 2.82 bits per heavy atom. The van der Waals surface area contributed by atoms with Gasteiger partial charge in [-0.1, -0.05) is 11.6 Å². The Balaban J connectivity index is 2.59. The third kappa shape index (κ3) is 4.16. The molecular weight excluding hydrogens is 246 g/mol. The molecule has 1 heterocycles. The maximum atomic E-state index is 10.8. The lowest BCUT2D eigenvalue weighted by Gasteiger charge is -2.10. The molecule has 0 fully saturated rings. The summed E-state index contributed by atoms with van der Waals surface area (Å²) in [6.07, 6.45) is 1.92. The Bertz CT molecular complexity index is 398. The molecular formula is C10H14ClN3O3. The molecule has 0 bridgehead atoms. The molecule has 1 aromatic rings. The number of hydrogen-bond acceptors (Lipinski definition) is 5. The van der Waals surface area contributed by atoms with Crippen LogP contribution in [0.5, 0.6) is 5.88 Å². The molecule has 0 spiro atoms. The maximum absolute atomic E-state index is 10.8. The number of aromatic carboxylic acids is 1. The number of ether oxygens (including phenoxy) is 1. The van der Waals surface area contributed by atoms with Crippen LogP contribution in [-0.4, -0.2) is 53.2 Å². The predicted octanol–water partition coefficient (Wildman–Crippen LogP) is 1.16. The van der Waals surface area contributed by atoms with Gasteiger partial charge < -0.3 is 14.7 Å². The van der Waals surface area contributed by atoms with Crippen molar-refractivity contribution < 1.29 is 14.6 Å². The van der Waals surface area contributed by atoms with E-state index < -0.39 is 5.97 Å². The molecule has 17 heavy (non-hydrogen) atoms. The number of carbonyl (C=O) groups is 1. The second kappa shape index (κ2) is 6.36. The van der Waals surface area contributed by atoms with E-state index in [-0.39, 0.29) is 16.6 Å². The molecule has 7 heteroatoms. The van der Waals surface area contributed by atoms with E-state index in [0.29, 0.717) is 6.61 Å². The van der Waals surface area contributed by atoms with E-state index in [1.807, 2.05) is 19.0 Å². The standard InChI is InChI=1S/C10H14ClN3O3/c1-14(2)4-3-5-17-9-7(11)8(10(15)16)12-6-13-9/h6H,3-5H2,1-2H3,(H,15,16). The average Bonchev–Trinajstić information content (AvgIpc) is 2.25. The van der Waals surface area contributed by atoms with Gasteiger partial charge in [-0.2, -0.15) is 0 Å². The van der Waals surface area contributed by atoms with Crippen LogP contribution in [0.4, 0.5) is 0 Å².